The summed E-state index contributed by atoms with van der Waals surface area (Å²) in [6, 6.07) is 0. The van der Waals surface area contributed by atoms with E-state index in [0.29, 0.717) is 16.7 Å². The van der Waals surface area contributed by atoms with Crippen molar-refractivity contribution in [2.45, 2.75) is 27.7 Å². The molecule has 5 heteroatoms. The minimum atomic E-state index is -0.315. The van der Waals surface area contributed by atoms with Crippen LogP contribution in [-0.2, 0) is 4.74 Å². The summed E-state index contributed by atoms with van der Waals surface area (Å²) in [5.74, 6) is 0.884. The predicted molar refractivity (Wildman–Crippen MR) is 70.7 cm³/mol. The number of ether oxygens (including phenoxy) is 1. The third kappa shape index (κ3) is 3.70. The Bertz CT molecular complexity index is 388. The highest BCUT2D eigenvalue weighted by atomic mass is 32.1. The highest BCUT2D eigenvalue weighted by Gasteiger charge is 2.16. The fourth-order valence-corrected chi connectivity index (χ4v) is 2.13. The molecule has 0 radical (unpaired) electrons. The van der Waals surface area contributed by atoms with Crippen molar-refractivity contribution in [1.29, 1.82) is 0 Å². The van der Waals surface area contributed by atoms with Crippen LogP contribution in [0.3, 0.4) is 0 Å². The fourth-order valence-electron chi connectivity index (χ4n) is 1.24. The summed E-state index contributed by atoms with van der Waals surface area (Å²) in [7, 11) is 1.38. The standard InChI is InChI=1S/C12H20N2O2S/c1-7(2)8(3)6-13-12-14-9(4)10(17-12)11(15)16-5/h7-8H,6H2,1-5H3,(H,13,14). The Hall–Kier alpha value is -1.10. The van der Waals surface area contributed by atoms with E-state index in [2.05, 4.69) is 31.1 Å². The number of nitrogens with zero attached hydrogens (tertiary/aromatic N) is 1. The lowest BCUT2D eigenvalue weighted by atomic mass is 9.98. The van der Waals surface area contributed by atoms with Gasteiger partial charge in [0.1, 0.15) is 4.88 Å². The van der Waals surface area contributed by atoms with Gasteiger partial charge < -0.3 is 10.1 Å². The SMILES string of the molecule is COC(=O)c1sc(NCC(C)C(C)C)nc1C. The largest absolute Gasteiger partial charge is 0.465 e. The molecule has 17 heavy (non-hydrogen) atoms. The van der Waals surface area contributed by atoms with Crippen LogP contribution in [0.25, 0.3) is 0 Å². The number of methoxy groups -OCH3 is 1. The van der Waals surface area contributed by atoms with Crippen LogP contribution >= 0.6 is 11.3 Å². The van der Waals surface area contributed by atoms with Crippen molar-refractivity contribution in [3.8, 4) is 0 Å². The second-order valence-electron chi connectivity index (χ2n) is 4.53. The minimum absolute atomic E-state index is 0.315. The van der Waals surface area contributed by atoms with Crippen molar-refractivity contribution in [3.63, 3.8) is 0 Å². The number of aromatic nitrogens is 1. The molecule has 96 valence electrons. The average Bonchev–Trinajstić information content (AvgIpc) is 2.66. The van der Waals surface area contributed by atoms with Gasteiger partial charge in [0, 0.05) is 6.54 Å². The Kier molecular flexibility index (Phi) is 4.93. The van der Waals surface area contributed by atoms with Gasteiger partial charge in [-0.3, -0.25) is 0 Å². The number of rotatable bonds is 5. The molecule has 0 amide bonds. The molecule has 1 unspecified atom stereocenters. The molecular weight excluding hydrogens is 236 g/mol. The lowest BCUT2D eigenvalue weighted by molar-refractivity contribution is 0.0605. The van der Waals surface area contributed by atoms with E-state index in [4.69, 9.17) is 4.74 Å². The van der Waals surface area contributed by atoms with Crippen LogP contribution in [-0.4, -0.2) is 24.6 Å². The number of hydrogen-bond donors (Lipinski definition) is 1. The van der Waals surface area contributed by atoms with Crippen LogP contribution in [0.1, 0.15) is 36.1 Å². The number of anilines is 1. The average molecular weight is 256 g/mol. The maximum Gasteiger partial charge on any atom is 0.350 e. The van der Waals surface area contributed by atoms with E-state index in [1.165, 1.54) is 18.4 Å². The van der Waals surface area contributed by atoms with Crippen LogP contribution in [0.5, 0.6) is 0 Å². The Balaban J connectivity index is 2.65. The summed E-state index contributed by atoms with van der Waals surface area (Å²) in [5, 5.41) is 4.05. The number of hydrogen-bond acceptors (Lipinski definition) is 5. The molecule has 0 aliphatic carbocycles. The van der Waals surface area contributed by atoms with Gasteiger partial charge in [0.2, 0.25) is 0 Å². The topological polar surface area (TPSA) is 51.2 Å². The molecule has 1 N–H and O–H groups in total. The molecule has 0 aliphatic rings. The Morgan fingerprint density at radius 1 is 1.47 bits per heavy atom. The van der Waals surface area contributed by atoms with Gasteiger partial charge in [-0.25, -0.2) is 9.78 Å². The summed E-state index contributed by atoms with van der Waals surface area (Å²) in [6.07, 6.45) is 0. The zero-order valence-electron chi connectivity index (χ0n) is 11.0. The third-order valence-corrected chi connectivity index (χ3v) is 3.98. The van der Waals surface area contributed by atoms with Gasteiger partial charge in [-0.1, -0.05) is 32.1 Å². The molecule has 1 heterocycles. The molecule has 1 atom stereocenters. The molecule has 0 saturated carbocycles. The lowest BCUT2D eigenvalue weighted by Crippen LogP contribution is -2.16. The van der Waals surface area contributed by atoms with Crippen molar-refractivity contribution in [3.05, 3.63) is 10.6 Å². The van der Waals surface area contributed by atoms with Crippen molar-refractivity contribution < 1.29 is 9.53 Å². The van der Waals surface area contributed by atoms with Crippen LogP contribution in [0.2, 0.25) is 0 Å². The fraction of sp³-hybridized carbons (Fsp3) is 0.667. The summed E-state index contributed by atoms with van der Waals surface area (Å²) in [6.45, 7) is 9.27. The Labute approximate surface area is 106 Å². The number of thiazole rings is 1. The van der Waals surface area contributed by atoms with Crippen LogP contribution < -0.4 is 5.32 Å². The molecule has 0 spiro atoms. The first-order valence-electron chi connectivity index (χ1n) is 5.75. The predicted octanol–water partition coefficient (Wildman–Crippen LogP) is 2.94. The van der Waals surface area contributed by atoms with Gasteiger partial charge in [-0.05, 0) is 18.8 Å². The first-order chi connectivity index (χ1) is 7.95. The molecule has 0 aliphatic heterocycles. The maximum atomic E-state index is 11.4. The quantitative estimate of drug-likeness (QED) is 0.823. The molecule has 1 aromatic rings. The smallest absolute Gasteiger partial charge is 0.350 e. The van der Waals surface area contributed by atoms with E-state index in [-0.39, 0.29) is 5.97 Å². The first kappa shape index (κ1) is 14.0. The number of carbonyl (C=O) groups is 1. The van der Waals surface area contributed by atoms with Gasteiger partial charge in [0.25, 0.3) is 0 Å². The molecule has 0 aromatic carbocycles. The highest BCUT2D eigenvalue weighted by molar-refractivity contribution is 7.17. The maximum absolute atomic E-state index is 11.4. The zero-order chi connectivity index (χ0) is 13.0. The van der Waals surface area contributed by atoms with Crippen LogP contribution in [0.4, 0.5) is 5.13 Å². The Morgan fingerprint density at radius 3 is 2.65 bits per heavy atom. The van der Waals surface area contributed by atoms with E-state index in [0.717, 1.165) is 17.4 Å². The molecule has 1 aromatic heterocycles. The molecule has 0 fully saturated rings. The number of carbonyl (C=O) groups excluding carboxylic acids is 1. The zero-order valence-corrected chi connectivity index (χ0v) is 11.9. The van der Waals surface area contributed by atoms with Crippen LogP contribution in [0, 0.1) is 18.8 Å². The summed E-state index contributed by atoms with van der Waals surface area (Å²) >= 11 is 1.35. The number of nitrogens with one attached hydrogen (secondary N) is 1. The van der Waals surface area contributed by atoms with Crippen molar-refractivity contribution in [2.75, 3.05) is 19.0 Å². The van der Waals surface area contributed by atoms with E-state index in [1.807, 2.05) is 6.92 Å². The summed E-state index contributed by atoms with van der Waals surface area (Å²) in [4.78, 5) is 16.3. The summed E-state index contributed by atoms with van der Waals surface area (Å²) in [5.41, 5.74) is 0.724. The number of esters is 1. The van der Waals surface area contributed by atoms with E-state index < -0.39 is 0 Å². The van der Waals surface area contributed by atoms with Crippen molar-refractivity contribution in [1.82, 2.24) is 4.98 Å². The Morgan fingerprint density at radius 2 is 2.12 bits per heavy atom. The van der Waals surface area contributed by atoms with Crippen molar-refractivity contribution in [2.24, 2.45) is 11.8 Å². The van der Waals surface area contributed by atoms with Gasteiger partial charge in [0.15, 0.2) is 5.13 Å². The molecule has 4 nitrogen and oxygen atoms in total. The van der Waals surface area contributed by atoms with Gasteiger partial charge in [-0.2, -0.15) is 0 Å². The normalized spacial score (nSPS) is 12.6. The third-order valence-electron chi connectivity index (χ3n) is 2.88. The second kappa shape index (κ2) is 6.00. The molecular formula is C12H20N2O2S. The van der Waals surface area contributed by atoms with Crippen LogP contribution in [0.15, 0.2) is 0 Å². The highest BCUT2D eigenvalue weighted by Crippen LogP contribution is 2.23. The lowest BCUT2D eigenvalue weighted by Gasteiger charge is -2.15. The van der Waals surface area contributed by atoms with E-state index in [9.17, 15) is 4.79 Å². The monoisotopic (exact) mass is 256 g/mol. The van der Waals surface area contributed by atoms with Crippen molar-refractivity contribution >= 4 is 22.4 Å². The second-order valence-corrected chi connectivity index (χ2v) is 5.53. The van der Waals surface area contributed by atoms with Gasteiger partial charge in [0.05, 0.1) is 12.8 Å². The molecule has 1 rings (SSSR count). The molecule has 0 bridgehead atoms. The van der Waals surface area contributed by atoms with E-state index in [1.54, 1.807) is 0 Å². The minimum Gasteiger partial charge on any atom is -0.465 e. The number of aryl methyl sites for hydroxylation is 1. The summed E-state index contributed by atoms with van der Waals surface area (Å²) < 4.78 is 4.70. The van der Waals surface area contributed by atoms with Gasteiger partial charge >= 0.3 is 5.97 Å². The van der Waals surface area contributed by atoms with Gasteiger partial charge in [-0.15, -0.1) is 0 Å². The molecule has 0 saturated heterocycles. The first-order valence-corrected chi connectivity index (χ1v) is 6.57. The van der Waals surface area contributed by atoms with E-state index >= 15 is 0 Å².